The number of ether oxygens (including phenoxy) is 4. The molecule has 15 nitrogen and oxygen atoms in total. The summed E-state index contributed by atoms with van der Waals surface area (Å²) < 4.78 is 29.0. The maximum Gasteiger partial charge on any atom is 0.335 e. The maximum absolute atomic E-state index is 13.8. The lowest BCUT2D eigenvalue weighted by atomic mass is 9.38. The van der Waals surface area contributed by atoms with Crippen LogP contribution in [0.2, 0.25) is 0 Å². The quantitative estimate of drug-likeness (QED) is 0.0926. The summed E-state index contributed by atoms with van der Waals surface area (Å²) in [7, 11) is 0. The normalized spacial score (nSPS) is 46.8. The number of carboxylic acids is 1. The molecule has 0 radical (unpaired) electrons. The summed E-state index contributed by atoms with van der Waals surface area (Å²) in [6.45, 7) is 4.07. The molecule has 4 saturated heterocycles. The molecule has 11 saturated carbocycles. The van der Waals surface area contributed by atoms with Crippen LogP contribution in [0, 0.1) is 78.8 Å². The summed E-state index contributed by atoms with van der Waals surface area (Å²) in [5.74, 6) is -3.05. The molecule has 93 heavy (non-hydrogen) atoms. The van der Waals surface area contributed by atoms with Crippen molar-refractivity contribution in [3.05, 3.63) is 51.6 Å². The number of phenolic OH excluding ortho intramolecular Hbond substituents is 2. The number of rotatable bonds is 7. The highest BCUT2D eigenvalue weighted by molar-refractivity contribution is 6.11. The van der Waals surface area contributed by atoms with E-state index in [0.29, 0.717) is 77.8 Å². The van der Waals surface area contributed by atoms with Gasteiger partial charge in [0, 0.05) is 52.5 Å². The number of aromatic hydroxyl groups is 2. The van der Waals surface area contributed by atoms with Crippen LogP contribution in [0.3, 0.4) is 0 Å². The van der Waals surface area contributed by atoms with Crippen LogP contribution in [0.25, 0.3) is 10.8 Å². The number of aliphatic hydroxyl groups excluding tert-OH is 4. The highest BCUT2D eigenvalue weighted by Gasteiger charge is 2.83. The van der Waals surface area contributed by atoms with E-state index in [2.05, 4.69) is 16.9 Å². The molecular formula is C78H104N2O13. The SMILES string of the molecule is CC(=O)c1c(C)c(O)c2cc(C(=O)O)cc(OC3OC4C(O)C5(CCCC5)CC5OC4(CC4C6=C5CC=C6C5(CCCO)COCC6CC78CC4(NNC7CC4(C8)CC7(CC48CCC4(CCCC4)C8)CC4(CCCC48CCCC8)CC74CCCC4)C65)C(O)C3O)c2c1O. The van der Waals surface area contributed by atoms with E-state index in [-0.39, 0.29) is 80.9 Å². The third-order valence-corrected chi connectivity index (χ3v) is 33.3. The number of fused-ring (bicyclic) bond motifs is 7. The molecule has 17 aliphatic rings. The van der Waals surface area contributed by atoms with E-state index in [1.165, 1.54) is 197 Å². The van der Waals surface area contributed by atoms with Crippen molar-refractivity contribution in [2.45, 2.75) is 293 Å². The molecule has 504 valence electrons. The Hall–Kier alpha value is -3.64. The molecule has 4 bridgehead atoms. The van der Waals surface area contributed by atoms with E-state index in [9.17, 15) is 45.3 Å². The van der Waals surface area contributed by atoms with Crippen molar-refractivity contribution in [1.82, 2.24) is 10.9 Å². The smallest absolute Gasteiger partial charge is 0.335 e. The Bertz CT molecular complexity index is 3590. The van der Waals surface area contributed by atoms with Gasteiger partial charge in [-0.1, -0.05) is 63.9 Å². The Kier molecular flexibility index (Phi) is 12.9. The van der Waals surface area contributed by atoms with Crippen molar-refractivity contribution in [1.29, 1.82) is 0 Å². The fourth-order valence-electron chi connectivity index (χ4n) is 30.6. The van der Waals surface area contributed by atoms with Gasteiger partial charge >= 0.3 is 5.97 Å². The van der Waals surface area contributed by atoms with E-state index in [0.717, 1.165) is 32.1 Å². The highest BCUT2D eigenvalue weighted by Crippen LogP contribution is 2.89. The lowest BCUT2D eigenvalue weighted by Gasteiger charge is -2.72. The van der Waals surface area contributed by atoms with Crippen LogP contribution in [-0.2, 0) is 14.2 Å². The number of hydrogen-bond acceptors (Lipinski definition) is 14. The second-order valence-electron chi connectivity index (χ2n) is 36.5. The minimum atomic E-state index is -1.83. The topological polar surface area (TPSA) is 237 Å². The van der Waals surface area contributed by atoms with Gasteiger partial charge in [0.05, 0.1) is 35.3 Å². The molecule has 18 unspecified atom stereocenters. The summed E-state index contributed by atoms with van der Waals surface area (Å²) in [4.78, 5) is 26.0. The number of benzene rings is 2. The Morgan fingerprint density at radius 3 is 2.13 bits per heavy atom. The van der Waals surface area contributed by atoms with Crippen LogP contribution >= 0.6 is 0 Å². The van der Waals surface area contributed by atoms with Crippen molar-refractivity contribution < 1.29 is 64.3 Å². The number of hydrazine groups is 1. The van der Waals surface area contributed by atoms with Gasteiger partial charge < -0.3 is 54.7 Å². The van der Waals surface area contributed by atoms with E-state index in [1.807, 2.05) is 0 Å². The molecule has 19 rings (SSSR count). The van der Waals surface area contributed by atoms with Gasteiger partial charge in [-0.05, 0) is 265 Å². The summed E-state index contributed by atoms with van der Waals surface area (Å²) in [6, 6.07) is 2.66. The lowest BCUT2D eigenvalue weighted by Crippen LogP contribution is -2.81. The molecule has 0 amide bonds. The highest BCUT2D eigenvalue weighted by atomic mass is 16.7. The van der Waals surface area contributed by atoms with Gasteiger partial charge in [0.2, 0.25) is 6.29 Å². The molecule has 9 N–H and O–H groups in total. The third-order valence-electron chi connectivity index (χ3n) is 33.3. The number of hydrogen-bond donors (Lipinski definition) is 9. The fraction of sp³-hybridized carbons (Fsp3) is 0.795. The largest absolute Gasteiger partial charge is 0.507 e. The number of carboxylic acid groups (broad SMARTS) is 1. The first-order chi connectivity index (χ1) is 44.7. The molecule has 15 fully saturated rings. The second kappa shape index (κ2) is 19.8. The Morgan fingerprint density at radius 1 is 0.699 bits per heavy atom. The fourth-order valence-corrected chi connectivity index (χ4v) is 30.6. The number of nitrogens with one attached hydrogen (secondary N) is 2. The molecule has 2 aromatic rings. The molecule has 0 aromatic heterocycles. The molecule has 15 heteroatoms. The van der Waals surface area contributed by atoms with Crippen LogP contribution in [0.4, 0.5) is 0 Å². The van der Waals surface area contributed by atoms with E-state index in [1.54, 1.807) is 0 Å². The number of Topliss-reactive ketones (excluding diaryl/α,β-unsaturated/α-hetero) is 1. The van der Waals surface area contributed by atoms with Crippen LogP contribution < -0.4 is 15.6 Å². The number of allylic oxidation sites excluding steroid dienone is 1. The Balaban J connectivity index is 0.752. The lowest BCUT2D eigenvalue weighted by molar-refractivity contribution is -0.340. The number of carbonyl (C=O) groups excluding carboxylic acids is 1. The van der Waals surface area contributed by atoms with E-state index in [4.69, 9.17) is 18.9 Å². The van der Waals surface area contributed by atoms with Gasteiger partial charge in [0.25, 0.3) is 0 Å². The molecule has 5 heterocycles. The van der Waals surface area contributed by atoms with Gasteiger partial charge in [-0.3, -0.25) is 15.6 Å². The number of ketones is 1. The molecule has 18 atom stereocenters. The van der Waals surface area contributed by atoms with Crippen LogP contribution in [0.5, 0.6) is 17.2 Å². The zero-order chi connectivity index (χ0) is 63.5. The first-order valence-electron chi connectivity index (χ1n) is 37.6. The summed E-state index contributed by atoms with van der Waals surface area (Å²) in [5.41, 5.74) is 11.7. The summed E-state index contributed by atoms with van der Waals surface area (Å²) >= 11 is 0. The summed E-state index contributed by atoms with van der Waals surface area (Å²) in [5, 5.41) is 85.4. The first kappa shape index (κ1) is 60.5. The van der Waals surface area contributed by atoms with Crippen molar-refractivity contribution in [3.63, 3.8) is 0 Å². The van der Waals surface area contributed by atoms with Crippen molar-refractivity contribution in [3.8, 4) is 17.2 Å². The zero-order valence-corrected chi connectivity index (χ0v) is 55.5. The number of aromatic carboxylic acids is 1. The van der Waals surface area contributed by atoms with Gasteiger partial charge in [0.1, 0.15) is 41.2 Å². The van der Waals surface area contributed by atoms with Gasteiger partial charge in [-0.25, -0.2) is 4.79 Å². The zero-order valence-electron chi connectivity index (χ0n) is 55.5. The molecule has 5 aliphatic heterocycles. The Labute approximate surface area is 548 Å². The first-order valence-corrected chi connectivity index (χ1v) is 37.6. The van der Waals surface area contributed by atoms with Crippen molar-refractivity contribution in [2.24, 2.45) is 71.9 Å². The van der Waals surface area contributed by atoms with Crippen LogP contribution in [-0.4, -0.2) is 121 Å². The van der Waals surface area contributed by atoms with Gasteiger partial charge in [0.15, 0.2) is 5.78 Å². The van der Waals surface area contributed by atoms with Crippen molar-refractivity contribution >= 4 is 22.5 Å². The second-order valence-corrected chi connectivity index (χ2v) is 36.5. The van der Waals surface area contributed by atoms with Gasteiger partial charge in [-0.15, -0.1) is 0 Å². The predicted molar refractivity (Wildman–Crippen MR) is 346 cm³/mol. The van der Waals surface area contributed by atoms with Crippen LogP contribution in [0.15, 0.2) is 34.9 Å². The molecule has 2 aromatic carbocycles. The third kappa shape index (κ3) is 7.50. The predicted octanol–water partition coefficient (Wildman–Crippen LogP) is 12.8. The average Bonchev–Trinajstić information content (AvgIpc) is 1.56. The van der Waals surface area contributed by atoms with Crippen LogP contribution in [0.1, 0.15) is 258 Å². The van der Waals surface area contributed by atoms with E-state index < -0.39 is 82.0 Å². The molecule has 12 aliphatic carbocycles. The van der Waals surface area contributed by atoms with Gasteiger partial charge in [-0.2, -0.15) is 0 Å². The molecular weight excluding hydrogens is 1170 g/mol. The minimum Gasteiger partial charge on any atom is -0.507 e. The number of phenols is 2. The standard InChI is InChI=1S/C78H104N2O13/c1-44-55(45(2)82)59(84)57-49(58(44)83)29-46(65(88)89)30-52(57)91-66-60(85)62(86)78-32-51-56-48(53(93-78)33-68(17-5-6-18-68)63(87)64(78)92-66)13-14-50(56)76(25-12-28-81)43-90-35-47-31-69-37-74(34-54(69)79-80-77(51,38-69)61(47)76)42-75(41-73(74)27-26-67(36-73)15-3-4-16-67)40-72(39-71(75)21-9-10-22-71)24-11-23-70(72)19-7-8-20-70/h14,29-30,47,51,53-54,60-64,66,79-81,83-87H,3-13,15-28,31-43H2,1-2H3,(H,88,89). The molecule has 11 spiro atoms. The van der Waals surface area contributed by atoms with E-state index >= 15 is 0 Å². The minimum absolute atomic E-state index is 0.0702. The summed E-state index contributed by atoms with van der Waals surface area (Å²) in [6.07, 6.45) is 36.2. The maximum atomic E-state index is 13.8. The Morgan fingerprint density at radius 2 is 1.39 bits per heavy atom. The van der Waals surface area contributed by atoms with Crippen molar-refractivity contribution in [2.75, 3.05) is 19.8 Å². The number of aliphatic hydroxyl groups is 4. The monoisotopic (exact) mass is 1280 g/mol. The number of carbonyl (C=O) groups is 2. The average molecular weight is 1280 g/mol.